The first-order valence-electron chi connectivity index (χ1n) is 9.97. The van der Waals surface area contributed by atoms with Crippen LogP contribution in [0.2, 0.25) is 0 Å². The number of esters is 1. The van der Waals surface area contributed by atoms with Gasteiger partial charge in [-0.05, 0) is 60.4 Å². The molecule has 1 saturated heterocycles. The fourth-order valence-corrected chi connectivity index (χ4v) is 5.21. The Morgan fingerprint density at radius 2 is 2.00 bits per heavy atom. The number of benzene rings is 2. The zero-order valence-corrected chi connectivity index (χ0v) is 16.7. The number of nitrogens with two attached hydrogens (primary N) is 1. The van der Waals surface area contributed by atoms with Crippen LogP contribution in [0.15, 0.2) is 48.5 Å². The quantitative estimate of drug-likeness (QED) is 0.757. The van der Waals surface area contributed by atoms with Crippen molar-refractivity contribution in [1.29, 1.82) is 0 Å². The lowest BCUT2D eigenvalue weighted by Gasteiger charge is -2.44. The molecule has 1 aliphatic carbocycles. The van der Waals surface area contributed by atoms with Crippen LogP contribution in [0.4, 0.5) is 4.39 Å². The van der Waals surface area contributed by atoms with Gasteiger partial charge in [-0.25, -0.2) is 4.39 Å². The zero-order valence-electron chi connectivity index (χ0n) is 16.7. The molecule has 1 aliphatic heterocycles. The second kappa shape index (κ2) is 7.76. The largest absolute Gasteiger partial charge is 0.496 e. The Balaban J connectivity index is 1.72. The van der Waals surface area contributed by atoms with Gasteiger partial charge in [0.05, 0.1) is 25.8 Å². The molecular weight excluding hydrogens is 371 g/mol. The molecule has 2 fully saturated rings. The van der Waals surface area contributed by atoms with Crippen LogP contribution in [-0.4, -0.2) is 25.9 Å². The first-order chi connectivity index (χ1) is 13.9. The molecule has 2 aromatic rings. The van der Waals surface area contributed by atoms with Crippen LogP contribution in [0, 0.1) is 23.6 Å². The van der Waals surface area contributed by atoms with Crippen molar-refractivity contribution < 1.29 is 18.7 Å². The van der Waals surface area contributed by atoms with Crippen molar-refractivity contribution in [3.63, 3.8) is 0 Å². The molecule has 0 aromatic heterocycles. The lowest BCUT2D eigenvalue weighted by Crippen LogP contribution is -2.62. The minimum Gasteiger partial charge on any atom is -0.496 e. The van der Waals surface area contributed by atoms with E-state index in [1.807, 2.05) is 18.2 Å². The number of nitrogens with one attached hydrogen (secondary N) is 1. The molecule has 0 amide bonds. The summed E-state index contributed by atoms with van der Waals surface area (Å²) in [6.45, 7) is 0. The predicted octanol–water partition coefficient (Wildman–Crippen LogP) is 3.19. The number of methoxy groups -OCH3 is 2. The molecule has 29 heavy (non-hydrogen) atoms. The van der Waals surface area contributed by atoms with Gasteiger partial charge in [-0.15, -0.1) is 0 Å². The summed E-state index contributed by atoms with van der Waals surface area (Å²) < 4.78 is 24.5. The number of halogens is 1. The fraction of sp³-hybridized carbons (Fsp3) is 0.435. The van der Waals surface area contributed by atoms with Gasteiger partial charge in [0.1, 0.15) is 11.6 Å². The number of rotatable bonds is 5. The van der Waals surface area contributed by atoms with Gasteiger partial charge >= 0.3 is 5.97 Å². The summed E-state index contributed by atoms with van der Waals surface area (Å²) in [5, 5.41) is 3.57. The van der Waals surface area contributed by atoms with Crippen LogP contribution in [0.25, 0.3) is 0 Å². The van der Waals surface area contributed by atoms with Gasteiger partial charge in [0.25, 0.3) is 0 Å². The van der Waals surface area contributed by atoms with E-state index in [2.05, 4.69) is 17.4 Å². The number of hydrogen-bond acceptors (Lipinski definition) is 5. The molecule has 1 heterocycles. The van der Waals surface area contributed by atoms with E-state index in [1.165, 1.54) is 19.2 Å². The minimum atomic E-state index is -0.805. The topological polar surface area (TPSA) is 73.6 Å². The Morgan fingerprint density at radius 1 is 1.24 bits per heavy atom. The van der Waals surface area contributed by atoms with Crippen molar-refractivity contribution in [1.82, 2.24) is 5.32 Å². The number of carbonyl (C=O) groups excluding carboxylic acids is 1. The van der Waals surface area contributed by atoms with Gasteiger partial charge in [-0.3, -0.25) is 10.1 Å². The third-order valence-electron chi connectivity index (χ3n) is 6.56. The summed E-state index contributed by atoms with van der Waals surface area (Å²) in [6, 6.07) is 14.6. The average Bonchev–Trinajstić information content (AvgIpc) is 3.02. The van der Waals surface area contributed by atoms with Gasteiger partial charge in [-0.2, -0.15) is 0 Å². The van der Waals surface area contributed by atoms with E-state index in [0.29, 0.717) is 25.0 Å². The summed E-state index contributed by atoms with van der Waals surface area (Å²) in [4.78, 5) is 12.4. The smallest absolute Gasteiger partial charge is 0.311 e. The van der Waals surface area contributed by atoms with Crippen molar-refractivity contribution in [2.75, 3.05) is 14.2 Å². The number of carbonyl (C=O) groups is 1. The lowest BCUT2D eigenvalue weighted by atomic mass is 9.74. The predicted molar refractivity (Wildman–Crippen MR) is 108 cm³/mol. The summed E-state index contributed by atoms with van der Waals surface area (Å²) >= 11 is 0. The molecule has 1 saturated carbocycles. The van der Waals surface area contributed by atoms with E-state index in [0.717, 1.165) is 11.1 Å². The minimum absolute atomic E-state index is 0.0532. The lowest BCUT2D eigenvalue weighted by molar-refractivity contribution is -0.147. The fourth-order valence-electron chi connectivity index (χ4n) is 5.21. The van der Waals surface area contributed by atoms with Gasteiger partial charge in [-0.1, -0.05) is 30.3 Å². The number of hydrogen-bond donors (Lipinski definition) is 2. The van der Waals surface area contributed by atoms with Crippen LogP contribution in [0.5, 0.6) is 5.75 Å². The molecule has 3 N–H and O–H groups in total. The maximum atomic E-state index is 14.0. The number of ether oxygens (including phenoxy) is 2. The molecule has 5 unspecified atom stereocenters. The van der Waals surface area contributed by atoms with Crippen molar-refractivity contribution in [3.05, 3.63) is 65.5 Å². The highest BCUT2D eigenvalue weighted by Crippen LogP contribution is 2.51. The van der Waals surface area contributed by atoms with Crippen LogP contribution >= 0.6 is 0 Å². The van der Waals surface area contributed by atoms with E-state index in [9.17, 15) is 9.18 Å². The van der Waals surface area contributed by atoms with Gasteiger partial charge < -0.3 is 15.2 Å². The third-order valence-corrected chi connectivity index (χ3v) is 6.56. The van der Waals surface area contributed by atoms with E-state index >= 15 is 0 Å². The molecule has 6 heteroatoms. The monoisotopic (exact) mass is 398 g/mol. The van der Waals surface area contributed by atoms with Crippen LogP contribution in [0.3, 0.4) is 0 Å². The Kier molecular flexibility index (Phi) is 5.32. The molecule has 4 rings (SSSR count). The van der Waals surface area contributed by atoms with Crippen LogP contribution in [-0.2, 0) is 16.0 Å². The summed E-state index contributed by atoms with van der Waals surface area (Å²) in [7, 11) is 3.00. The second-order valence-electron chi connectivity index (χ2n) is 8.17. The molecule has 154 valence electrons. The third kappa shape index (κ3) is 3.63. The highest BCUT2D eigenvalue weighted by molar-refractivity contribution is 5.74. The van der Waals surface area contributed by atoms with Gasteiger partial charge in [0.2, 0.25) is 0 Å². The van der Waals surface area contributed by atoms with Crippen LogP contribution < -0.4 is 15.8 Å². The van der Waals surface area contributed by atoms with Crippen molar-refractivity contribution in [3.8, 4) is 5.75 Å². The molecule has 0 spiro atoms. The molecule has 2 aliphatic rings. The summed E-state index contributed by atoms with van der Waals surface area (Å²) in [5.41, 5.74) is 7.82. The maximum absolute atomic E-state index is 14.0. The maximum Gasteiger partial charge on any atom is 0.311 e. The van der Waals surface area contributed by atoms with E-state index < -0.39 is 11.6 Å². The second-order valence-corrected chi connectivity index (χ2v) is 8.17. The Morgan fingerprint density at radius 3 is 2.69 bits per heavy atom. The molecule has 5 nitrogen and oxygen atoms in total. The molecule has 2 aromatic carbocycles. The highest BCUT2D eigenvalue weighted by atomic mass is 19.1. The molecule has 0 radical (unpaired) electrons. The summed E-state index contributed by atoms with van der Waals surface area (Å²) in [5.74, 6) is 0.0579. The Hall–Kier alpha value is -2.44. The van der Waals surface area contributed by atoms with Crippen molar-refractivity contribution >= 4 is 5.97 Å². The van der Waals surface area contributed by atoms with Gasteiger partial charge in [0, 0.05) is 6.04 Å². The zero-order chi connectivity index (χ0) is 20.6. The molecule has 2 bridgehead atoms. The standard InChI is InChI=1S/C23H27FN2O3/c1-28-20-9-8-17(24)10-15(20)11-18-16-12-19(22(27)29-2)23(25,13-16)26-21(18)14-6-4-3-5-7-14/h3-10,16,18-19,21,26H,11-13,25H2,1-2H3. The number of piperidine rings is 1. The SMILES string of the molecule is COC(=O)C1CC2CC1(N)NC(c1ccccc1)C2Cc1cc(F)ccc1OC. The normalized spacial score (nSPS) is 30.8. The Labute approximate surface area is 170 Å². The van der Waals surface area contributed by atoms with E-state index in [4.69, 9.17) is 15.2 Å². The first kappa shape index (κ1) is 19.9. The summed E-state index contributed by atoms with van der Waals surface area (Å²) in [6.07, 6.45) is 1.96. The Bertz CT molecular complexity index is 891. The van der Waals surface area contributed by atoms with Gasteiger partial charge in [0.15, 0.2) is 0 Å². The van der Waals surface area contributed by atoms with E-state index in [-0.39, 0.29) is 29.7 Å². The first-order valence-corrected chi connectivity index (χ1v) is 9.97. The van der Waals surface area contributed by atoms with Crippen molar-refractivity contribution in [2.45, 2.75) is 31.0 Å². The van der Waals surface area contributed by atoms with Crippen molar-refractivity contribution in [2.24, 2.45) is 23.5 Å². The number of fused-ring (bicyclic) bond motifs is 2. The van der Waals surface area contributed by atoms with Crippen LogP contribution in [0.1, 0.15) is 30.0 Å². The highest BCUT2D eigenvalue weighted by Gasteiger charge is 2.56. The van der Waals surface area contributed by atoms with E-state index in [1.54, 1.807) is 13.2 Å². The average molecular weight is 398 g/mol. The molecular formula is C23H27FN2O3. The molecule has 5 atom stereocenters.